The summed E-state index contributed by atoms with van der Waals surface area (Å²) in [6, 6.07) is 5.75. The molecule has 0 aliphatic heterocycles. The summed E-state index contributed by atoms with van der Waals surface area (Å²) < 4.78 is 5.59. The lowest BCUT2D eigenvalue weighted by Gasteiger charge is -2.58. The lowest BCUT2D eigenvalue weighted by Crippen LogP contribution is -2.57. The van der Waals surface area contributed by atoms with Crippen molar-refractivity contribution in [3.63, 3.8) is 0 Å². The van der Waals surface area contributed by atoms with Crippen molar-refractivity contribution < 1.29 is 19.1 Å². The predicted octanol–water partition coefficient (Wildman–Crippen LogP) is 3.87. The maximum Gasteiger partial charge on any atom is 0.312 e. The van der Waals surface area contributed by atoms with E-state index in [2.05, 4.69) is 10.6 Å². The molecule has 168 valence electrons. The fraction of sp³-hybridized carbons (Fsp3) is 0.625. The highest BCUT2D eigenvalue weighted by Gasteiger charge is 2.61. The molecule has 1 aromatic rings. The number of aryl methyl sites for hydroxylation is 2. The van der Waals surface area contributed by atoms with E-state index in [1.807, 2.05) is 32.0 Å². The van der Waals surface area contributed by atoms with Gasteiger partial charge in [0, 0.05) is 10.6 Å². The van der Waals surface area contributed by atoms with E-state index in [-0.39, 0.29) is 23.3 Å². The molecule has 3 unspecified atom stereocenters. The van der Waals surface area contributed by atoms with Gasteiger partial charge in [-0.15, -0.1) is 11.6 Å². The molecule has 0 spiro atoms. The van der Waals surface area contributed by atoms with E-state index in [0.29, 0.717) is 18.3 Å². The third-order valence-electron chi connectivity index (χ3n) is 7.24. The normalized spacial score (nSPS) is 31.7. The number of ether oxygens (including phenoxy) is 1. The van der Waals surface area contributed by atoms with Crippen LogP contribution in [0.2, 0.25) is 0 Å². The van der Waals surface area contributed by atoms with Gasteiger partial charge in [0.1, 0.15) is 0 Å². The largest absolute Gasteiger partial charge is 0.452 e. The highest BCUT2D eigenvalue weighted by atomic mass is 35.5. The first-order chi connectivity index (χ1) is 14.6. The lowest BCUT2D eigenvalue weighted by molar-refractivity contribution is -0.177. The van der Waals surface area contributed by atoms with Gasteiger partial charge in [0.15, 0.2) is 6.10 Å². The van der Waals surface area contributed by atoms with Crippen LogP contribution in [0, 0.1) is 31.1 Å². The number of esters is 1. The van der Waals surface area contributed by atoms with Gasteiger partial charge in [0.05, 0.1) is 12.0 Å². The molecule has 4 aliphatic carbocycles. The van der Waals surface area contributed by atoms with Crippen LogP contribution in [0.25, 0.3) is 0 Å². The summed E-state index contributed by atoms with van der Waals surface area (Å²) in [5.74, 6) is -0.160. The summed E-state index contributed by atoms with van der Waals surface area (Å²) in [5, 5.41) is 5.40. The third-order valence-corrected chi connectivity index (χ3v) is 7.69. The zero-order valence-corrected chi connectivity index (χ0v) is 19.2. The minimum absolute atomic E-state index is 0.186. The molecule has 2 amide bonds. The number of para-hydroxylation sites is 1. The van der Waals surface area contributed by atoms with Crippen LogP contribution in [-0.4, -0.2) is 35.3 Å². The number of nitrogens with one attached hydrogen (secondary N) is 2. The topological polar surface area (TPSA) is 84.5 Å². The number of carbonyl (C=O) groups excluding carboxylic acids is 3. The number of anilines is 1. The quantitative estimate of drug-likeness (QED) is 0.513. The first-order valence-electron chi connectivity index (χ1n) is 11.1. The molecule has 6 nitrogen and oxygen atoms in total. The van der Waals surface area contributed by atoms with E-state index < -0.39 is 17.4 Å². The number of hydrogen-bond acceptors (Lipinski definition) is 4. The number of alkyl halides is 1. The van der Waals surface area contributed by atoms with Crippen LogP contribution >= 0.6 is 11.6 Å². The maximum atomic E-state index is 13.1. The van der Waals surface area contributed by atoms with Crippen molar-refractivity contribution >= 4 is 35.1 Å². The molecule has 0 aromatic heterocycles. The molecule has 4 bridgehead atoms. The van der Waals surface area contributed by atoms with E-state index in [0.717, 1.165) is 48.9 Å². The molecule has 5 rings (SSSR count). The van der Waals surface area contributed by atoms with Crippen LogP contribution in [-0.2, 0) is 19.1 Å². The maximum absolute atomic E-state index is 13.1. The molecule has 1 aromatic carbocycles. The van der Waals surface area contributed by atoms with Gasteiger partial charge in [-0.1, -0.05) is 18.2 Å². The van der Waals surface area contributed by atoms with Crippen molar-refractivity contribution in [3.05, 3.63) is 29.3 Å². The molecule has 2 N–H and O–H groups in total. The van der Waals surface area contributed by atoms with Crippen LogP contribution < -0.4 is 10.6 Å². The number of benzene rings is 1. The van der Waals surface area contributed by atoms with Gasteiger partial charge in [0.2, 0.25) is 5.91 Å². The first-order valence-corrected chi connectivity index (χ1v) is 11.5. The molecule has 7 heteroatoms. The molecule has 4 saturated carbocycles. The summed E-state index contributed by atoms with van der Waals surface area (Å²) in [6.45, 7) is 5.19. The molecule has 0 saturated heterocycles. The first kappa shape index (κ1) is 22.1. The van der Waals surface area contributed by atoms with Gasteiger partial charge in [-0.2, -0.15) is 0 Å². The number of halogens is 1. The molecule has 0 heterocycles. The zero-order chi connectivity index (χ0) is 22.4. The second-order valence-corrected chi connectivity index (χ2v) is 10.8. The highest BCUT2D eigenvalue weighted by Crippen LogP contribution is 2.64. The van der Waals surface area contributed by atoms with Gasteiger partial charge < -0.3 is 15.4 Å². The van der Waals surface area contributed by atoms with E-state index in [9.17, 15) is 14.4 Å². The lowest BCUT2D eigenvalue weighted by atomic mass is 9.49. The Bertz CT molecular complexity index is 881. The Morgan fingerprint density at radius 1 is 1.13 bits per heavy atom. The van der Waals surface area contributed by atoms with Crippen LogP contribution in [0.15, 0.2) is 18.2 Å². The van der Waals surface area contributed by atoms with Gasteiger partial charge in [-0.3, -0.25) is 14.4 Å². The Labute approximate surface area is 188 Å². The molecule has 4 fully saturated rings. The molecular weight excluding hydrogens is 416 g/mol. The molecule has 4 aliphatic rings. The number of carbonyl (C=O) groups is 3. The second kappa shape index (κ2) is 8.12. The van der Waals surface area contributed by atoms with Gasteiger partial charge >= 0.3 is 5.97 Å². The van der Waals surface area contributed by atoms with E-state index >= 15 is 0 Å². The molecule has 31 heavy (non-hydrogen) atoms. The van der Waals surface area contributed by atoms with Gasteiger partial charge in [0.25, 0.3) is 5.91 Å². The van der Waals surface area contributed by atoms with E-state index in [1.165, 1.54) is 0 Å². The summed E-state index contributed by atoms with van der Waals surface area (Å²) in [4.78, 5) is 37.5. The van der Waals surface area contributed by atoms with Crippen LogP contribution in [0.1, 0.15) is 56.6 Å². The summed E-state index contributed by atoms with van der Waals surface area (Å²) in [7, 11) is 0. The van der Waals surface area contributed by atoms with Crippen molar-refractivity contribution in [1.82, 2.24) is 5.32 Å². The molecule has 0 radical (unpaired) electrons. The van der Waals surface area contributed by atoms with Crippen LogP contribution in [0.4, 0.5) is 5.69 Å². The second-order valence-electron chi connectivity index (χ2n) is 9.97. The monoisotopic (exact) mass is 446 g/mol. The minimum Gasteiger partial charge on any atom is -0.452 e. The Hall–Kier alpha value is -2.08. The van der Waals surface area contributed by atoms with Gasteiger partial charge in [-0.05, 0) is 82.3 Å². The Morgan fingerprint density at radius 2 is 1.74 bits per heavy atom. The Morgan fingerprint density at radius 3 is 2.32 bits per heavy atom. The van der Waals surface area contributed by atoms with E-state index in [4.69, 9.17) is 16.3 Å². The van der Waals surface area contributed by atoms with Crippen LogP contribution in [0.3, 0.4) is 0 Å². The predicted molar refractivity (Wildman–Crippen MR) is 119 cm³/mol. The van der Waals surface area contributed by atoms with Crippen molar-refractivity contribution in [2.75, 3.05) is 11.9 Å². The number of hydrogen-bond donors (Lipinski definition) is 2. The third kappa shape index (κ3) is 4.45. The van der Waals surface area contributed by atoms with E-state index in [1.54, 1.807) is 6.92 Å². The Kier molecular flexibility index (Phi) is 5.80. The highest BCUT2D eigenvalue weighted by molar-refractivity contribution is 6.24. The van der Waals surface area contributed by atoms with Crippen molar-refractivity contribution in [1.29, 1.82) is 0 Å². The van der Waals surface area contributed by atoms with Crippen LogP contribution in [0.5, 0.6) is 0 Å². The number of rotatable bonds is 6. The number of amides is 2. The SMILES string of the molecule is Cc1cccc(C)c1NC(=O)CNC(=O)C(C)OC(=O)C12CC3CC(CC(Cl)(C3)C1)C2. The van der Waals surface area contributed by atoms with Crippen molar-refractivity contribution in [2.24, 2.45) is 17.3 Å². The minimum atomic E-state index is -0.959. The average molecular weight is 447 g/mol. The fourth-order valence-electron chi connectivity index (χ4n) is 6.24. The zero-order valence-electron chi connectivity index (χ0n) is 18.4. The van der Waals surface area contributed by atoms with Gasteiger partial charge in [-0.25, -0.2) is 0 Å². The van der Waals surface area contributed by atoms with Crippen molar-refractivity contribution in [3.8, 4) is 0 Å². The standard InChI is InChI=1S/C24H31ClN2O4/c1-14-5-4-6-15(2)20(14)27-19(28)12-26-21(29)16(3)31-22(30)23-8-17-7-18(9-23)11-24(25,10-17)13-23/h4-6,16-18H,7-13H2,1-3H3,(H,26,29)(H,27,28). The summed E-state index contributed by atoms with van der Waals surface area (Å²) in [5.41, 5.74) is 2.10. The Balaban J connectivity index is 1.30. The molecule has 3 atom stereocenters. The average Bonchev–Trinajstić information content (AvgIpc) is 2.67. The summed E-state index contributed by atoms with van der Waals surface area (Å²) >= 11 is 6.81. The summed E-state index contributed by atoms with van der Waals surface area (Å²) in [6.07, 6.45) is 4.40. The van der Waals surface area contributed by atoms with Crippen molar-refractivity contribution in [2.45, 2.75) is 70.3 Å². The molecular formula is C24H31ClN2O4. The smallest absolute Gasteiger partial charge is 0.312 e. The fourth-order valence-corrected chi connectivity index (χ4v) is 6.93.